The zero-order valence-electron chi connectivity index (χ0n) is 23.7. The summed E-state index contributed by atoms with van der Waals surface area (Å²) >= 11 is 6.25. The van der Waals surface area contributed by atoms with Crippen LogP contribution in [0.4, 0.5) is 13.2 Å². The summed E-state index contributed by atoms with van der Waals surface area (Å²) in [4.78, 5) is 26.0. The molecule has 0 radical (unpaired) electrons. The largest absolute Gasteiger partial charge is 0.494 e. The van der Waals surface area contributed by atoms with Gasteiger partial charge in [0.2, 0.25) is 0 Å². The highest BCUT2D eigenvalue weighted by atomic mass is 35.5. The molecule has 4 aromatic rings. The van der Waals surface area contributed by atoms with Gasteiger partial charge in [-0.2, -0.15) is 13.2 Å². The molecule has 230 valence electrons. The Morgan fingerprint density at radius 2 is 1.57 bits per heavy atom. The van der Waals surface area contributed by atoms with Crippen LogP contribution in [0.25, 0.3) is 0 Å². The number of alkyl halides is 3. The van der Waals surface area contributed by atoms with Gasteiger partial charge in [0, 0.05) is 19.6 Å². The molecule has 1 atom stereocenters. The molecule has 0 heterocycles. The summed E-state index contributed by atoms with van der Waals surface area (Å²) in [5.41, 5.74) is 1.06. The number of nitrogens with zero attached hydrogens (tertiary/aromatic N) is 1. The third-order valence-electron chi connectivity index (χ3n) is 6.77. The van der Waals surface area contributed by atoms with Gasteiger partial charge in [0.1, 0.15) is 11.9 Å². The molecule has 0 amide bonds. The summed E-state index contributed by atoms with van der Waals surface area (Å²) in [6.07, 6.45) is -5.01. The number of carbonyl (C=O) groups excluding carboxylic acids is 1. The lowest BCUT2D eigenvalue weighted by Crippen LogP contribution is -2.32. The number of carboxylic acid groups (broad SMARTS) is 1. The third-order valence-corrected chi connectivity index (χ3v) is 7.22. The summed E-state index contributed by atoms with van der Waals surface area (Å²) < 4.78 is 52.6. The molecule has 6 nitrogen and oxygen atoms in total. The normalized spacial score (nSPS) is 12.1. The molecule has 1 N–H and O–H groups in total. The molecule has 0 unspecified atom stereocenters. The second kappa shape index (κ2) is 15.4. The van der Waals surface area contributed by atoms with E-state index in [0.29, 0.717) is 29.8 Å². The Hall–Kier alpha value is -4.34. The topological polar surface area (TPSA) is 76.1 Å². The maximum Gasteiger partial charge on any atom is 0.417 e. The Morgan fingerprint density at radius 1 is 0.886 bits per heavy atom. The van der Waals surface area contributed by atoms with Gasteiger partial charge in [-0.05, 0) is 53.4 Å². The van der Waals surface area contributed by atoms with Gasteiger partial charge in [-0.3, -0.25) is 9.69 Å². The van der Waals surface area contributed by atoms with E-state index in [4.69, 9.17) is 26.2 Å². The van der Waals surface area contributed by atoms with Gasteiger partial charge in [0.15, 0.2) is 0 Å². The Bertz CT molecular complexity index is 1530. The minimum Gasteiger partial charge on any atom is -0.494 e. The van der Waals surface area contributed by atoms with E-state index in [9.17, 15) is 22.8 Å². The Balaban J connectivity index is 1.54. The molecule has 0 aliphatic carbocycles. The van der Waals surface area contributed by atoms with Crippen molar-refractivity contribution in [1.29, 1.82) is 0 Å². The van der Waals surface area contributed by atoms with Crippen molar-refractivity contribution in [1.82, 2.24) is 4.90 Å². The first-order valence-electron chi connectivity index (χ1n) is 13.9. The summed E-state index contributed by atoms with van der Waals surface area (Å²) in [6, 6.07) is 28.3. The van der Waals surface area contributed by atoms with Gasteiger partial charge < -0.3 is 14.6 Å². The van der Waals surface area contributed by atoms with E-state index in [-0.39, 0.29) is 36.7 Å². The number of halogens is 4. The van der Waals surface area contributed by atoms with Gasteiger partial charge >= 0.3 is 18.1 Å². The predicted molar refractivity (Wildman–Crippen MR) is 161 cm³/mol. The van der Waals surface area contributed by atoms with Gasteiger partial charge in [-0.1, -0.05) is 84.4 Å². The van der Waals surface area contributed by atoms with E-state index in [1.807, 2.05) is 35.2 Å². The van der Waals surface area contributed by atoms with Crippen LogP contribution in [0.1, 0.15) is 45.1 Å². The minimum atomic E-state index is -4.61. The van der Waals surface area contributed by atoms with Gasteiger partial charge in [-0.15, -0.1) is 0 Å². The standard InChI is InChI=1S/C34H31ClF3NO5/c35-32-27(15-8-17-29(32)34(36,37)38)22-39(18-9-19-43-28-16-7-10-24(20-28)21-31(40)41)23-30(25-11-3-1-4-12-25)44-33(42)26-13-5-2-6-14-26/h1-8,10-17,20,30H,9,18-19,21-23H2,(H,40,41)/t30-/m0/s1. The number of benzene rings is 4. The van der Waals surface area contributed by atoms with Crippen molar-refractivity contribution in [3.8, 4) is 5.75 Å². The summed E-state index contributed by atoms with van der Waals surface area (Å²) in [5.74, 6) is -0.969. The van der Waals surface area contributed by atoms with Crippen LogP contribution in [0.5, 0.6) is 5.75 Å². The van der Waals surface area contributed by atoms with E-state index in [1.165, 1.54) is 6.07 Å². The molecule has 4 rings (SSSR count). The molecule has 0 fully saturated rings. The fourth-order valence-electron chi connectivity index (χ4n) is 4.68. The number of hydrogen-bond acceptors (Lipinski definition) is 5. The fourth-order valence-corrected chi connectivity index (χ4v) is 4.97. The Kier molecular flexibility index (Phi) is 11.4. The van der Waals surface area contributed by atoms with Crippen LogP contribution in [0.15, 0.2) is 103 Å². The van der Waals surface area contributed by atoms with E-state index >= 15 is 0 Å². The molecule has 0 aliphatic heterocycles. The summed E-state index contributed by atoms with van der Waals surface area (Å²) in [7, 11) is 0. The second-order valence-electron chi connectivity index (χ2n) is 10.1. The zero-order valence-corrected chi connectivity index (χ0v) is 24.4. The van der Waals surface area contributed by atoms with Gasteiger partial charge in [0.05, 0.1) is 29.2 Å². The highest BCUT2D eigenvalue weighted by Gasteiger charge is 2.34. The SMILES string of the molecule is O=C(O)Cc1cccc(OCCCN(Cc2cccc(C(F)(F)F)c2Cl)C[C@H](OC(=O)c2ccccc2)c2ccccc2)c1. The van der Waals surface area contributed by atoms with Crippen molar-refractivity contribution in [2.45, 2.75) is 31.7 Å². The average Bonchev–Trinajstić information content (AvgIpc) is 3.00. The number of aliphatic carboxylic acids is 1. The molecular formula is C34H31ClF3NO5. The lowest BCUT2D eigenvalue weighted by molar-refractivity contribution is -0.138. The van der Waals surface area contributed by atoms with E-state index < -0.39 is 29.8 Å². The maximum atomic E-state index is 13.6. The smallest absolute Gasteiger partial charge is 0.417 e. The second-order valence-corrected chi connectivity index (χ2v) is 10.5. The number of esters is 1. The third kappa shape index (κ3) is 9.59. The van der Waals surface area contributed by atoms with Crippen molar-refractivity contribution in [3.63, 3.8) is 0 Å². The average molecular weight is 626 g/mol. The van der Waals surface area contributed by atoms with Crippen LogP contribution in [-0.4, -0.2) is 41.6 Å². The first-order chi connectivity index (χ1) is 21.1. The highest BCUT2D eigenvalue weighted by molar-refractivity contribution is 6.32. The molecule has 0 aromatic heterocycles. The quantitative estimate of drug-likeness (QED) is 0.114. The molecule has 0 saturated carbocycles. The minimum absolute atomic E-state index is 0.0586. The zero-order chi connectivity index (χ0) is 31.5. The summed E-state index contributed by atoms with van der Waals surface area (Å²) in [6.45, 7) is 0.850. The number of carbonyl (C=O) groups is 2. The fraction of sp³-hybridized carbons (Fsp3) is 0.235. The molecule has 0 aliphatic rings. The van der Waals surface area contributed by atoms with Gasteiger partial charge in [-0.25, -0.2) is 4.79 Å². The lowest BCUT2D eigenvalue weighted by Gasteiger charge is -2.28. The van der Waals surface area contributed by atoms with Crippen LogP contribution >= 0.6 is 11.6 Å². The van der Waals surface area contributed by atoms with Crippen molar-refractivity contribution in [3.05, 3.63) is 136 Å². The lowest BCUT2D eigenvalue weighted by atomic mass is 10.1. The monoisotopic (exact) mass is 625 g/mol. The molecule has 0 spiro atoms. The van der Waals surface area contributed by atoms with Crippen LogP contribution in [0.3, 0.4) is 0 Å². The Labute approximate surface area is 258 Å². The Morgan fingerprint density at radius 3 is 2.25 bits per heavy atom. The first-order valence-corrected chi connectivity index (χ1v) is 14.3. The number of carboxylic acids is 1. The van der Waals surface area contributed by atoms with Crippen molar-refractivity contribution >= 4 is 23.5 Å². The number of rotatable bonds is 14. The van der Waals surface area contributed by atoms with Crippen LogP contribution < -0.4 is 4.74 Å². The molecule has 0 bridgehead atoms. The van der Waals surface area contributed by atoms with Crippen molar-refractivity contribution in [2.75, 3.05) is 19.7 Å². The van der Waals surface area contributed by atoms with Crippen molar-refractivity contribution in [2.24, 2.45) is 0 Å². The van der Waals surface area contributed by atoms with Gasteiger partial charge in [0.25, 0.3) is 0 Å². The molecule has 4 aromatic carbocycles. The number of hydrogen-bond donors (Lipinski definition) is 1. The highest BCUT2D eigenvalue weighted by Crippen LogP contribution is 2.37. The van der Waals surface area contributed by atoms with Crippen LogP contribution in [0, 0.1) is 0 Å². The molecule has 10 heteroatoms. The van der Waals surface area contributed by atoms with Crippen LogP contribution in [-0.2, 0) is 28.7 Å². The van der Waals surface area contributed by atoms with E-state index in [2.05, 4.69) is 0 Å². The molecule has 0 saturated heterocycles. The maximum absolute atomic E-state index is 13.6. The first kappa shape index (κ1) is 32.6. The van der Waals surface area contributed by atoms with Crippen LogP contribution in [0.2, 0.25) is 5.02 Å². The van der Waals surface area contributed by atoms with E-state index in [0.717, 1.165) is 11.6 Å². The van der Waals surface area contributed by atoms with Crippen molar-refractivity contribution < 1.29 is 37.3 Å². The molecular weight excluding hydrogens is 595 g/mol. The molecule has 44 heavy (non-hydrogen) atoms. The predicted octanol–water partition coefficient (Wildman–Crippen LogP) is 7.86. The summed E-state index contributed by atoms with van der Waals surface area (Å²) in [5, 5.41) is 8.68. The van der Waals surface area contributed by atoms with E-state index in [1.54, 1.807) is 60.7 Å². The number of ether oxygens (including phenoxy) is 2.